The Morgan fingerprint density at radius 3 is 2.43 bits per heavy atom. The molecule has 2 aromatic rings. The van der Waals surface area contributed by atoms with Crippen molar-refractivity contribution in [1.29, 1.82) is 0 Å². The molecule has 0 spiro atoms. The van der Waals surface area contributed by atoms with Gasteiger partial charge in [-0.1, -0.05) is 30.1 Å². The summed E-state index contributed by atoms with van der Waals surface area (Å²) in [5.41, 5.74) is 2.27. The first kappa shape index (κ1) is 21.8. The van der Waals surface area contributed by atoms with Crippen LogP contribution in [0.15, 0.2) is 0 Å². The van der Waals surface area contributed by atoms with Crippen LogP contribution in [0.2, 0.25) is 10.2 Å². The standard InChI is InChI=1S/C22H29Cl2N3O3/c1-12(10-13(2)28)11-29-15-6-8-16(9-7-15)30-22-26-19-20(27(22)3)17(23)18(14-4-5-14)25-21(19)24/h12,14-16H,4-11H2,1-3H3/t12-,15?,16?/m1/s1. The van der Waals surface area contributed by atoms with Crippen LogP contribution in [0.25, 0.3) is 11.0 Å². The van der Waals surface area contributed by atoms with E-state index in [2.05, 4.69) is 16.9 Å². The van der Waals surface area contributed by atoms with Crippen LogP contribution in [-0.4, -0.2) is 39.1 Å². The number of hydrogen-bond acceptors (Lipinski definition) is 5. The van der Waals surface area contributed by atoms with Crippen molar-refractivity contribution < 1.29 is 14.3 Å². The van der Waals surface area contributed by atoms with Crippen LogP contribution in [0.5, 0.6) is 6.01 Å². The smallest absolute Gasteiger partial charge is 0.297 e. The Balaban J connectivity index is 1.37. The molecule has 2 aromatic heterocycles. The maximum atomic E-state index is 11.2. The first-order chi connectivity index (χ1) is 14.3. The second kappa shape index (κ2) is 9.01. The van der Waals surface area contributed by atoms with Gasteiger partial charge in [0.1, 0.15) is 17.4 Å². The van der Waals surface area contributed by atoms with Crippen molar-refractivity contribution >= 4 is 40.0 Å². The summed E-state index contributed by atoms with van der Waals surface area (Å²) in [6.07, 6.45) is 6.80. The lowest BCUT2D eigenvalue weighted by Crippen LogP contribution is -2.30. The van der Waals surface area contributed by atoms with Gasteiger partial charge < -0.3 is 14.3 Å². The number of fused-ring (bicyclic) bond motifs is 1. The van der Waals surface area contributed by atoms with Crippen molar-refractivity contribution in [3.63, 3.8) is 0 Å². The molecule has 164 valence electrons. The van der Waals surface area contributed by atoms with Crippen LogP contribution < -0.4 is 4.74 Å². The third-order valence-corrected chi connectivity index (χ3v) is 6.65. The van der Waals surface area contributed by atoms with E-state index >= 15 is 0 Å². The van der Waals surface area contributed by atoms with Gasteiger partial charge in [-0.25, -0.2) is 4.98 Å². The predicted octanol–water partition coefficient (Wildman–Crippen LogP) is 5.47. The normalized spacial score (nSPS) is 23.0. The summed E-state index contributed by atoms with van der Waals surface area (Å²) in [7, 11) is 1.91. The van der Waals surface area contributed by atoms with Crippen LogP contribution in [0.3, 0.4) is 0 Å². The molecule has 2 heterocycles. The summed E-state index contributed by atoms with van der Waals surface area (Å²) < 4.78 is 14.1. The first-order valence-electron chi connectivity index (χ1n) is 10.8. The second-order valence-electron chi connectivity index (χ2n) is 8.89. The Bertz CT molecular complexity index is 934. The largest absolute Gasteiger partial charge is 0.461 e. The number of hydrogen-bond donors (Lipinski definition) is 0. The number of rotatable bonds is 8. The van der Waals surface area contributed by atoms with Crippen molar-refractivity contribution in [2.75, 3.05) is 6.61 Å². The summed E-state index contributed by atoms with van der Waals surface area (Å²) in [5.74, 6) is 0.887. The molecule has 0 saturated heterocycles. The van der Waals surface area contributed by atoms with Crippen molar-refractivity contribution in [2.45, 2.75) is 76.9 Å². The molecule has 2 fully saturated rings. The quantitative estimate of drug-likeness (QED) is 0.495. The van der Waals surface area contributed by atoms with Crippen LogP contribution in [0.1, 0.15) is 70.4 Å². The van der Waals surface area contributed by atoms with Crippen LogP contribution in [-0.2, 0) is 16.6 Å². The average molecular weight is 454 g/mol. The van der Waals surface area contributed by atoms with Crippen LogP contribution in [0.4, 0.5) is 0 Å². The summed E-state index contributed by atoms with van der Waals surface area (Å²) in [5, 5.41) is 1.03. The van der Waals surface area contributed by atoms with Gasteiger partial charge >= 0.3 is 0 Å². The van der Waals surface area contributed by atoms with E-state index in [-0.39, 0.29) is 23.9 Å². The molecule has 0 amide bonds. The minimum Gasteiger partial charge on any atom is -0.461 e. The highest BCUT2D eigenvalue weighted by molar-refractivity contribution is 6.39. The molecule has 0 unspecified atom stereocenters. The molecule has 1 atom stereocenters. The fourth-order valence-electron chi connectivity index (χ4n) is 4.25. The van der Waals surface area contributed by atoms with Crippen molar-refractivity contribution in [3.05, 3.63) is 15.9 Å². The number of ketones is 1. The van der Waals surface area contributed by atoms with Gasteiger partial charge in [0.2, 0.25) is 0 Å². The molecule has 0 N–H and O–H groups in total. The maximum absolute atomic E-state index is 11.2. The van der Waals surface area contributed by atoms with E-state index in [0.717, 1.165) is 49.7 Å². The molecule has 30 heavy (non-hydrogen) atoms. The zero-order valence-electron chi connectivity index (χ0n) is 17.8. The Labute approximate surface area is 187 Å². The highest BCUT2D eigenvalue weighted by Crippen LogP contribution is 2.45. The molecular weight excluding hydrogens is 425 g/mol. The number of Topliss-reactive ketones (excluding diaryl/α,β-unsaturated/α-hetero) is 1. The number of halogens is 2. The molecule has 0 radical (unpaired) electrons. The molecular formula is C22H29Cl2N3O3. The topological polar surface area (TPSA) is 66.2 Å². The Kier molecular flexibility index (Phi) is 6.56. The van der Waals surface area contributed by atoms with E-state index in [1.165, 1.54) is 0 Å². The summed E-state index contributed by atoms with van der Waals surface area (Å²) in [6.45, 7) is 4.32. The van der Waals surface area contributed by atoms with Crippen molar-refractivity contribution in [1.82, 2.24) is 14.5 Å². The number of carbonyl (C=O) groups excluding carboxylic acids is 1. The summed E-state index contributed by atoms with van der Waals surface area (Å²) >= 11 is 13.1. The zero-order chi connectivity index (χ0) is 21.4. The van der Waals surface area contributed by atoms with Gasteiger partial charge in [-0.2, -0.15) is 4.98 Å². The number of pyridine rings is 1. The van der Waals surface area contributed by atoms with Gasteiger partial charge in [-0.15, -0.1) is 0 Å². The average Bonchev–Trinajstić information content (AvgIpc) is 3.48. The number of aryl methyl sites for hydroxylation is 1. The lowest BCUT2D eigenvalue weighted by molar-refractivity contribution is -0.118. The van der Waals surface area contributed by atoms with Gasteiger partial charge in [0, 0.05) is 26.0 Å². The highest BCUT2D eigenvalue weighted by Gasteiger charge is 2.31. The number of ether oxygens (including phenoxy) is 2. The van der Waals surface area contributed by atoms with Gasteiger partial charge in [-0.05, 0) is 51.4 Å². The molecule has 2 aliphatic rings. The van der Waals surface area contributed by atoms with E-state index in [9.17, 15) is 4.79 Å². The Hall–Kier alpha value is -1.37. The Morgan fingerprint density at radius 2 is 1.80 bits per heavy atom. The predicted molar refractivity (Wildman–Crippen MR) is 118 cm³/mol. The molecule has 4 rings (SSSR count). The minimum absolute atomic E-state index is 0.0865. The number of nitrogens with zero attached hydrogens (tertiary/aromatic N) is 3. The molecule has 2 saturated carbocycles. The fourth-order valence-corrected chi connectivity index (χ4v) is 4.89. The van der Waals surface area contributed by atoms with E-state index in [0.29, 0.717) is 40.6 Å². The van der Waals surface area contributed by atoms with Crippen LogP contribution in [0, 0.1) is 5.92 Å². The molecule has 2 aliphatic carbocycles. The SMILES string of the molecule is CC(=O)C[C@@H](C)COC1CCC(Oc2nc3c(Cl)nc(C4CC4)c(Cl)c3n2C)CC1. The van der Waals surface area contributed by atoms with Crippen molar-refractivity contribution in [2.24, 2.45) is 13.0 Å². The maximum Gasteiger partial charge on any atom is 0.297 e. The number of carbonyl (C=O) groups is 1. The van der Waals surface area contributed by atoms with Gasteiger partial charge in [0.05, 0.1) is 22.3 Å². The summed E-state index contributed by atoms with van der Waals surface area (Å²) in [6, 6.07) is 0.531. The van der Waals surface area contributed by atoms with Gasteiger partial charge in [0.15, 0.2) is 5.15 Å². The molecule has 6 nitrogen and oxygen atoms in total. The molecule has 0 aliphatic heterocycles. The third kappa shape index (κ3) is 4.76. The lowest BCUT2D eigenvalue weighted by Gasteiger charge is -2.29. The molecule has 0 aromatic carbocycles. The van der Waals surface area contributed by atoms with E-state index in [4.69, 9.17) is 32.7 Å². The molecule has 8 heteroatoms. The van der Waals surface area contributed by atoms with E-state index in [1.807, 2.05) is 11.6 Å². The van der Waals surface area contributed by atoms with E-state index in [1.54, 1.807) is 6.92 Å². The minimum atomic E-state index is 0.0865. The van der Waals surface area contributed by atoms with Crippen LogP contribution >= 0.6 is 23.2 Å². The van der Waals surface area contributed by atoms with Gasteiger partial charge in [-0.3, -0.25) is 4.57 Å². The first-order valence-corrected chi connectivity index (χ1v) is 11.6. The van der Waals surface area contributed by atoms with Crippen molar-refractivity contribution in [3.8, 4) is 6.01 Å². The highest BCUT2D eigenvalue weighted by atomic mass is 35.5. The fraction of sp³-hybridized carbons (Fsp3) is 0.682. The summed E-state index contributed by atoms with van der Waals surface area (Å²) in [4.78, 5) is 20.3. The molecule has 0 bridgehead atoms. The number of aromatic nitrogens is 3. The Morgan fingerprint density at radius 1 is 1.13 bits per heavy atom. The lowest BCUT2D eigenvalue weighted by atomic mass is 9.95. The monoisotopic (exact) mass is 453 g/mol. The van der Waals surface area contributed by atoms with Gasteiger partial charge in [0.25, 0.3) is 6.01 Å². The van der Waals surface area contributed by atoms with E-state index < -0.39 is 0 Å². The third-order valence-electron chi connectivity index (χ3n) is 6.01. The second-order valence-corrected chi connectivity index (χ2v) is 9.62. The zero-order valence-corrected chi connectivity index (χ0v) is 19.3. The number of imidazole rings is 1.